The van der Waals surface area contributed by atoms with E-state index in [-0.39, 0.29) is 22.8 Å². The SMILES string of the molecule is Cc1ccc(NC(=O)CSC(C)C(=O)N(C)Cc2ccc(Cl)s2)cc1. The van der Waals surface area contributed by atoms with Crippen molar-refractivity contribution < 1.29 is 9.59 Å². The van der Waals surface area contributed by atoms with Crippen LogP contribution in [0.5, 0.6) is 0 Å². The van der Waals surface area contributed by atoms with Gasteiger partial charge in [-0.2, -0.15) is 0 Å². The number of nitrogens with zero attached hydrogens (tertiary/aromatic N) is 1. The molecule has 2 amide bonds. The number of rotatable bonds is 7. The Morgan fingerprint density at radius 1 is 1.24 bits per heavy atom. The molecule has 1 aromatic carbocycles. The largest absolute Gasteiger partial charge is 0.340 e. The minimum absolute atomic E-state index is 0.00217. The van der Waals surface area contributed by atoms with Gasteiger partial charge in [0.1, 0.15) is 0 Å². The topological polar surface area (TPSA) is 49.4 Å². The van der Waals surface area contributed by atoms with Crippen LogP contribution in [0.2, 0.25) is 4.34 Å². The average molecular weight is 397 g/mol. The third kappa shape index (κ3) is 6.38. The Labute approximate surface area is 161 Å². The molecule has 0 aliphatic rings. The van der Waals surface area contributed by atoms with Gasteiger partial charge in [0, 0.05) is 17.6 Å². The van der Waals surface area contributed by atoms with Gasteiger partial charge in [-0.1, -0.05) is 29.3 Å². The highest BCUT2D eigenvalue weighted by Gasteiger charge is 2.19. The molecular formula is C18H21ClN2O2S2. The fourth-order valence-corrected chi connectivity index (χ4v) is 4.10. The number of hydrogen-bond donors (Lipinski definition) is 1. The lowest BCUT2D eigenvalue weighted by Gasteiger charge is -2.20. The van der Waals surface area contributed by atoms with Crippen molar-refractivity contribution in [1.82, 2.24) is 4.90 Å². The van der Waals surface area contributed by atoms with Gasteiger partial charge in [-0.25, -0.2) is 0 Å². The van der Waals surface area contributed by atoms with Crippen molar-refractivity contribution in [1.29, 1.82) is 0 Å². The number of hydrogen-bond acceptors (Lipinski definition) is 4. The van der Waals surface area contributed by atoms with E-state index < -0.39 is 0 Å². The van der Waals surface area contributed by atoms with E-state index in [4.69, 9.17) is 11.6 Å². The van der Waals surface area contributed by atoms with E-state index >= 15 is 0 Å². The Morgan fingerprint density at radius 2 is 1.92 bits per heavy atom. The lowest BCUT2D eigenvalue weighted by molar-refractivity contribution is -0.129. The number of thiophene rings is 1. The third-order valence-corrected chi connectivity index (χ3v) is 5.89. The van der Waals surface area contributed by atoms with Crippen molar-refractivity contribution in [3.63, 3.8) is 0 Å². The predicted octanol–water partition coefficient (Wildman–Crippen LogP) is 4.43. The highest BCUT2D eigenvalue weighted by atomic mass is 35.5. The van der Waals surface area contributed by atoms with E-state index in [2.05, 4.69) is 5.32 Å². The zero-order valence-electron chi connectivity index (χ0n) is 14.4. The number of aryl methyl sites for hydroxylation is 1. The number of benzene rings is 1. The second kappa shape index (κ2) is 9.27. The molecule has 2 rings (SSSR count). The molecule has 0 saturated carbocycles. The molecule has 4 nitrogen and oxygen atoms in total. The molecule has 25 heavy (non-hydrogen) atoms. The molecule has 1 aromatic heterocycles. The lowest BCUT2D eigenvalue weighted by Crippen LogP contribution is -2.33. The summed E-state index contributed by atoms with van der Waals surface area (Å²) in [7, 11) is 1.76. The molecule has 1 heterocycles. The van der Waals surface area contributed by atoms with Gasteiger partial charge < -0.3 is 10.2 Å². The molecule has 7 heteroatoms. The number of thioether (sulfide) groups is 1. The van der Waals surface area contributed by atoms with Crippen LogP contribution in [0.1, 0.15) is 17.4 Å². The van der Waals surface area contributed by atoms with Gasteiger partial charge in [0.05, 0.1) is 21.9 Å². The molecule has 0 spiro atoms. The summed E-state index contributed by atoms with van der Waals surface area (Å²) < 4.78 is 0.714. The van der Waals surface area contributed by atoms with Crippen molar-refractivity contribution in [2.24, 2.45) is 0 Å². The first-order chi connectivity index (χ1) is 11.8. The number of carbonyl (C=O) groups is 2. The summed E-state index contributed by atoms with van der Waals surface area (Å²) in [6, 6.07) is 11.4. The Hall–Kier alpha value is -1.50. The van der Waals surface area contributed by atoms with Gasteiger partial charge in [0.25, 0.3) is 0 Å². The fourth-order valence-electron chi connectivity index (χ4n) is 2.16. The number of amides is 2. The number of halogens is 1. The molecule has 0 bridgehead atoms. The van der Waals surface area contributed by atoms with Crippen LogP contribution in [-0.2, 0) is 16.1 Å². The minimum Gasteiger partial charge on any atom is -0.340 e. The van der Waals surface area contributed by atoms with Gasteiger partial charge in [-0.3, -0.25) is 9.59 Å². The van der Waals surface area contributed by atoms with E-state index in [1.54, 1.807) is 11.9 Å². The molecule has 0 fully saturated rings. The van der Waals surface area contributed by atoms with Gasteiger partial charge in [-0.05, 0) is 38.1 Å². The first kappa shape index (κ1) is 19.8. The van der Waals surface area contributed by atoms with Crippen LogP contribution in [0.4, 0.5) is 5.69 Å². The van der Waals surface area contributed by atoms with E-state index in [9.17, 15) is 9.59 Å². The second-order valence-corrected chi connectivity index (χ2v) is 8.90. The monoisotopic (exact) mass is 396 g/mol. The minimum atomic E-state index is -0.288. The quantitative estimate of drug-likeness (QED) is 0.753. The highest BCUT2D eigenvalue weighted by Crippen LogP contribution is 2.23. The summed E-state index contributed by atoms with van der Waals surface area (Å²) in [6.45, 7) is 4.34. The predicted molar refractivity (Wildman–Crippen MR) is 108 cm³/mol. The molecule has 1 atom stereocenters. The standard InChI is InChI=1S/C18H21ClN2O2S2/c1-12-4-6-14(7-5-12)20-17(22)11-24-13(2)18(23)21(3)10-15-8-9-16(19)25-15/h4-9,13H,10-11H2,1-3H3,(H,20,22). The zero-order valence-corrected chi connectivity index (χ0v) is 16.8. The van der Waals surface area contributed by atoms with Gasteiger partial charge >= 0.3 is 0 Å². The third-order valence-electron chi connectivity index (χ3n) is 3.55. The van der Waals surface area contributed by atoms with Crippen LogP contribution in [0.25, 0.3) is 0 Å². The number of anilines is 1. The molecule has 2 aromatic rings. The molecular weight excluding hydrogens is 376 g/mol. The first-order valence-electron chi connectivity index (χ1n) is 7.82. The van der Waals surface area contributed by atoms with Crippen molar-refractivity contribution in [2.75, 3.05) is 18.1 Å². The Kier molecular flexibility index (Phi) is 7.35. The molecule has 0 aliphatic carbocycles. The maximum atomic E-state index is 12.4. The van der Waals surface area contributed by atoms with E-state index in [0.29, 0.717) is 10.9 Å². The summed E-state index contributed by atoms with van der Waals surface area (Å²) in [6.07, 6.45) is 0. The zero-order chi connectivity index (χ0) is 18.4. The van der Waals surface area contributed by atoms with Crippen LogP contribution < -0.4 is 5.32 Å². The van der Waals surface area contributed by atoms with Crippen LogP contribution in [0.15, 0.2) is 36.4 Å². The van der Waals surface area contributed by atoms with Crippen molar-refractivity contribution in [3.05, 3.63) is 51.2 Å². The molecule has 0 radical (unpaired) electrons. The van der Waals surface area contributed by atoms with Crippen LogP contribution in [0.3, 0.4) is 0 Å². The Morgan fingerprint density at radius 3 is 2.52 bits per heavy atom. The van der Waals surface area contributed by atoms with Crippen molar-refractivity contribution >= 4 is 52.2 Å². The van der Waals surface area contributed by atoms with E-state index in [1.807, 2.05) is 50.2 Å². The molecule has 134 valence electrons. The number of carbonyl (C=O) groups excluding carboxylic acids is 2. The summed E-state index contributed by atoms with van der Waals surface area (Å²) in [4.78, 5) is 27.1. The number of nitrogens with one attached hydrogen (secondary N) is 1. The fraction of sp³-hybridized carbons (Fsp3) is 0.333. The summed E-state index contributed by atoms with van der Waals surface area (Å²) in [5, 5.41) is 2.55. The van der Waals surface area contributed by atoms with E-state index in [0.717, 1.165) is 16.1 Å². The molecule has 0 aliphatic heterocycles. The maximum Gasteiger partial charge on any atom is 0.235 e. The average Bonchev–Trinajstić information content (AvgIpc) is 2.98. The van der Waals surface area contributed by atoms with Crippen LogP contribution in [-0.4, -0.2) is 34.8 Å². The Balaban J connectivity index is 1.77. The summed E-state index contributed by atoms with van der Waals surface area (Å²) >= 11 is 8.71. The second-order valence-electron chi connectivity index (χ2n) is 5.77. The summed E-state index contributed by atoms with van der Waals surface area (Å²) in [5.74, 6) is 0.123. The van der Waals surface area contributed by atoms with Gasteiger partial charge in [0.15, 0.2) is 0 Å². The summed E-state index contributed by atoms with van der Waals surface area (Å²) in [5.41, 5.74) is 1.91. The first-order valence-corrected chi connectivity index (χ1v) is 10.1. The van der Waals surface area contributed by atoms with Gasteiger partial charge in [-0.15, -0.1) is 23.1 Å². The molecule has 1 N–H and O–H groups in total. The Bertz CT molecular complexity index is 731. The highest BCUT2D eigenvalue weighted by molar-refractivity contribution is 8.01. The maximum absolute atomic E-state index is 12.4. The smallest absolute Gasteiger partial charge is 0.235 e. The van der Waals surface area contributed by atoms with Crippen molar-refractivity contribution in [2.45, 2.75) is 25.6 Å². The lowest BCUT2D eigenvalue weighted by atomic mass is 10.2. The van der Waals surface area contributed by atoms with Gasteiger partial charge in [0.2, 0.25) is 11.8 Å². The van der Waals surface area contributed by atoms with Crippen LogP contribution >= 0.6 is 34.7 Å². The van der Waals surface area contributed by atoms with Crippen molar-refractivity contribution in [3.8, 4) is 0 Å². The normalized spacial score (nSPS) is 11.8. The molecule has 0 saturated heterocycles. The van der Waals surface area contributed by atoms with Crippen LogP contribution in [0, 0.1) is 6.92 Å². The molecule has 1 unspecified atom stereocenters. The van der Waals surface area contributed by atoms with E-state index in [1.165, 1.54) is 23.1 Å².